The van der Waals surface area contributed by atoms with Crippen LogP contribution in [0.15, 0.2) is 11.1 Å². The van der Waals surface area contributed by atoms with Gasteiger partial charge in [-0.15, -0.1) is 0 Å². The summed E-state index contributed by atoms with van der Waals surface area (Å²) in [6, 6.07) is 0. The second kappa shape index (κ2) is 3.53. The molecule has 1 aliphatic rings. The average molecular weight is 251 g/mol. The molecule has 8 heteroatoms. The van der Waals surface area contributed by atoms with Gasteiger partial charge in [-0.3, -0.25) is 9.78 Å². The van der Waals surface area contributed by atoms with E-state index in [1.54, 1.807) is 4.57 Å². The zero-order valence-electron chi connectivity index (χ0n) is 9.50. The third-order valence-corrected chi connectivity index (χ3v) is 3.60. The molecule has 1 saturated carbocycles. The fourth-order valence-electron chi connectivity index (χ4n) is 2.42. The molecule has 0 amide bonds. The standard InChI is InChI=1S/C10H13N5O3/c11-9-13-7-6(8(18)14-9)12-4-15(7)10(3-17)1-5(10)2-16/h4-5,16-17H,1-3H2,(H3,11,13,14,18)/t5-,10+/m0/s1. The van der Waals surface area contributed by atoms with Gasteiger partial charge in [0.2, 0.25) is 5.95 Å². The van der Waals surface area contributed by atoms with Gasteiger partial charge in [0.05, 0.1) is 18.5 Å². The smallest absolute Gasteiger partial charge is 0.280 e. The number of imidazole rings is 1. The summed E-state index contributed by atoms with van der Waals surface area (Å²) >= 11 is 0. The Labute approximate surface area is 101 Å². The predicted molar refractivity (Wildman–Crippen MR) is 62.8 cm³/mol. The molecular formula is C10H13N5O3. The fourth-order valence-corrected chi connectivity index (χ4v) is 2.42. The van der Waals surface area contributed by atoms with E-state index < -0.39 is 11.1 Å². The minimum absolute atomic E-state index is 0.00328. The Hall–Kier alpha value is -1.93. The molecule has 3 rings (SSSR count). The summed E-state index contributed by atoms with van der Waals surface area (Å²) in [4.78, 5) is 22.0. The number of aromatic nitrogens is 4. The van der Waals surface area contributed by atoms with E-state index in [9.17, 15) is 15.0 Å². The van der Waals surface area contributed by atoms with Gasteiger partial charge < -0.3 is 20.5 Å². The Morgan fingerprint density at radius 2 is 2.39 bits per heavy atom. The number of nitrogens with two attached hydrogens (primary N) is 1. The molecule has 8 nitrogen and oxygen atoms in total. The van der Waals surface area contributed by atoms with Crippen LogP contribution in [-0.4, -0.2) is 42.9 Å². The first kappa shape index (κ1) is 11.2. The van der Waals surface area contributed by atoms with Crippen molar-refractivity contribution in [1.29, 1.82) is 0 Å². The number of hydrogen-bond acceptors (Lipinski definition) is 6. The quantitative estimate of drug-likeness (QED) is 0.520. The van der Waals surface area contributed by atoms with Crippen molar-refractivity contribution in [2.45, 2.75) is 12.0 Å². The van der Waals surface area contributed by atoms with Crippen molar-refractivity contribution in [2.24, 2.45) is 5.92 Å². The highest BCUT2D eigenvalue weighted by molar-refractivity contribution is 5.71. The monoisotopic (exact) mass is 251 g/mol. The van der Waals surface area contributed by atoms with Crippen molar-refractivity contribution in [3.8, 4) is 0 Å². The highest BCUT2D eigenvalue weighted by Gasteiger charge is 2.55. The number of nitrogens with one attached hydrogen (secondary N) is 1. The molecule has 0 spiro atoms. The lowest BCUT2D eigenvalue weighted by atomic mass is 10.2. The summed E-state index contributed by atoms with van der Waals surface area (Å²) in [7, 11) is 0. The second-order valence-corrected chi connectivity index (χ2v) is 4.58. The van der Waals surface area contributed by atoms with Crippen molar-refractivity contribution in [3.05, 3.63) is 16.7 Å². The van der Waals surface area contributed by atoms with Gasteiger partial charge in [-0.2, -0.15) is 4.98 Å². The maximum Gasteiger partial charge on any atom is 0.280 e. The Kier molecular flexibility index (Phi) is 2.19. The number of aromatic amines is 1. The Bertz CT molecular complexity index is 663. The number of nitrogens with zero attached hydrogens (tertiary/aromatic N) is 3. The van der Waals surface area contributed by atoms with Crippen LogP contribution in [0.25, 0.3) is 11.2 Å². The number of nitrogen functional groups attached to an aromatic ring is 1. The van der Waals surface area contributed by atoms with Gasteiger partial charge in [-0.1, -0.05) is 0 Å². The molecule has 0 aliphatic heterocycles. The van der Waals surface area contributed by atoms with Crippen molar-refractivity contribution in [3.63, 3.8) is 0 Å². The highest BCUT2D eigenvalue weighted by atomic mass is 16.3. The first-order valence-electron chi connectivity index (χ1n) is 5.57. The van der Waals surface area contributed by atoms with Crippen LogP contribution in [0.3, 0.4) is 0 Å². The van der Waals surface area contributed by atoms with Gasteiger partial charge in [0.25, 0.3) is 5.56 Å². The van der Waals surface area contributed by atoms with Crippen LogP contribution in [0, 0.1) is 5.92 Å². The normalized spacial score (nSPS) is 26.7. The number of fused-ring (bicyclic) bond motifs is 1. The lowest BCUT2D eigenvalue weighted by Gasteiger charge is -2.16. The summed E-state index contributed by atoms with van der Waals surface area (Å²) < 4.78 is 1.63. The van der Waals surface area contributed by atoms with Gasteiger partial charge in [-0.05, 0) is 6.42 Å². The highest BCUT2D eigenvalue weighted by Crippen LogP contribution is 2.50. The maximum absolute atomic E-state index is 11.6. The zero-order valence-corrected chi connectivity index (χ0v) is 9.50. The van der Waals surface area contributed by atoms with Crippen LogP contribution in [0.2, 0.25) is 0 Å². The number of anilines is 1. The van der Waals surface area contributed by atoms with Crippen LogP contribution < -0.4 is 11.3 Å². The molecule has 0 unspecified atom stereocenters. The SMILES string of the molecule is Nc1nc2c(ncn2[C@@]2(CO)C[C@H]2CO)c(=O)[nH]1. The van der Waals surface area contributed by atoms with E-state index >= 15 is 0 Å². The lowest BCUT2D eigenvalue weighted by molar-refractivity contribution is 0.177. The predicted octanol–water partition coefficient (Wildman–Crippen LogP) is -1.60. The van der Waals surface area contributed by atoms with Crippen LogP contribution >= 0.6 is 0 Å². The van der Waals surface area contributed by atoms with E-state index in [1.165, 1.54) is 6.33 Å². The minimum atomic E-state index is -0.614. The van der Waals surface area contributed by atoms with Crippen molar-refractivity contribution in [2.75, 3.05) is 18.9 Å². The molecule has 18 heavy (non-hydrogen) atoms. The summed E-state index contributed by atoms with van der Waals surface area (Å²) in [5.74, 6) is -0.0502. The number of aliphatic hydroxyl groups is 2. The molecule has 0 aromatic carbocycles. The van der Waals surface area contributed by atoms with E-state index in [0.717, 1.165) is 0 Å². The van der Waals surface area contributed by atoms with E-state index in [2.05, 4.69) is 15.0 Å². The second-order valence-electron chi connectivity index (χ2n) is 4.58. The number of hydrogen-bond donors (Lipinski definition) is 4. The van der Waals surface area contributed by atoms with Gasteiger partial charge >= 0.3 is 0 Å². The molecule has 2 atom stereocenters. The minimum Gasteiger partial charge on any atom is -0.396 e. The molecule has 0 saturated heterocycles. The molecule has 0 bridgehead atoms. The van der Waals surface area contributed by atoms with Gasteiger partial charge in [-0.25, -0.2) is 4.98 Å². The maximum atomic E-state index is 11.6. The molecule has 96 valence electrons. The zero-order chi connectivity index (χ0) is 12.9. The van der Waals surface area contributed by atoms with Crippen LogP contribution in [0.5, 0.6) is 0 Å². The van der Waals surface area contributed by atoms with Gasteiger partial charge in [0.15, 0.2) is 11.2 Å². The lowest BCUT2D eigenvalue weighted by Crippen LogP contribution is -2.25. The molecular weight excluding hydrogens is 238 g/mol. The number of H-pyrrole nitrogens is 1. The van der Waals surface area contributed by atoms with E-state index in [-0.39, 0.29) is 30.6 Å². The molecule has 1 fully saturated rings. The molecule has 2 heterocycles. The summed E-state index contributed by atoms with van der Waals surface area (Å²) in [6.45, 7) is -0.170. The summed E-state index contributed by atoms with van der Waals surface area (Å²) in [5, 5.41) is 18.7. The molecule has 2 aromatic rings. The summed E-state index contributed by atoms with van der Waals surface area (Å²) in [6.07, 6.45) is 2.08. The first-order valence-corrected chi connectivity index (χ1v) is 5.57. The molecule has 2 aromatic heterocycles. The van der Waals surface area contributed by atoms with E-state index in [0.29, 0.717) is 12.1 Å². The number of aliphatic hydroxyl groups excluding tert-OH is 2. The molecule has 1 aliphatic carbocycles. The molecule has 0 radical (unpaired) electrons. The van der Waals surface area contributed by atoms with Crippen molar-refractivity contribution < 1.29 is 10.2 Å². The fraction of sp³-hybridized carbons (Fsp3) is 0.500. The van der Waals surface area contributed by atoms with Crippen LogP contribution in [0.4, 0.5) is 5.95 Å². The van der Waals surface area contributed by atoms with Crippen molar-refractivity contribution >= 4 is 17.1 Å². The van der Waals surface area contributed by atoms with Gasteiger partial charge in [0.1, 0.15) is 0 Å². The third kappa shape index (κ3) is 1.30. The van der Waals surface area contributed by atoms with E-state index in [1.807, 2.05) is 0 Å². The first-order chi connectivity index (χ1) is 8.62. The Balaban J connectivity index is 2.22. The largest absolute Gasteiger partial charge is 0.396 e. The van der Waals surface area contributed by atoms with Crippen LogP contribution in [-0.2, 0) is 5.54 Å². The van der Waals surface area contributed by atoms with Crippen LogP contribution in [0.1, 0.15) is 6.42 Å². The van der Waals surface area contributed by atoms with Gasteiger partial charge in [0, 0.05) is 12.5 Å². The van der Waals surface area contributed by atoms with Crippen molar-refractivity contribution in [1.82, 2.24) is 19.5 Å². The Morgan fingerprint density at radius 3 is 3.00 bits per heavy atom. The molecule has 5 N–H and O–H groups in total. The number of rotatable bonds is 3. The topological polar surface area (TPSA) is 130 Å². The van der Waals surface area contributed by atoms with E-state index in [4.69, 9.17) is 5.73 Å². The third-order valence-electron chi connectivity index (χ3n) is 3.60. The Morgan fingerprint density at radius 1 is 1.61 bits per heavy atom. The summed E-state index contributed by atoms with van der Waals surface area (Å²) in [5.41, 5.74) is 5.00. The average Bonchev–Trinajstić information content (AvgIpc) is 2.92.